The SMILES string of the molecule is C#CCBr.C#CCN1C[C@@H](C)N[C@@H](C)C1.C[C@@H]1CNC[C@H](C)N1. The Morgan fingerprint density at radius 1 is 0.913 bits per heavy atom. The Balaban J connectivity index is 0.000000354. The van der Waals surface area contributed by atoms with E-state index in [0.29, 0.717) is 29.5 Å². The Labute approximate surface area is 151 Å². The summed E-state index contributed by atoms with van der Waals surface area (Å²) in [6.07, 6.45) is 9.97. The molecule has 0 saturated carbocycles. The van der Waals surface area contributed by atoms with Gasteiger partial charge in [-0.3, -0.25) is 4.90 Å². The van der Waals surface area contributed by atoms with Crippen LogP contribution in [0.15, 0.2) is 0 Å². The standard InChI is InChI=1S/C9H16N2.C6H14N2.C3H3Br/c1-4-5-11-6-8(2)10-9(3)7-11;1-5-3-7-4-6(2)8-5;1-2-3-4/h1,8-10H,5-7H2,2-3H3;5-8H,3-4H2,1-2H3;1H,3H2/t8-,9+;5-,6+;. The second-order valence-corrected chi connectivity index (χ2v) is 6.89. The summed E-state index contributed by atoms with van der Waals surface area (Å²) in [6.45, 7) is 14.0. The van der Waals surface area contributed by atoms with Gasteiger partial charge in [-0.25, -0.2) is 0 Å². The summed E-state index contributed by atoms with van der Waals surface area (Å²) >= 11 is 3.01. The number of halogens is 1. The molecular formula is C18H33BrN4. The predicted molar refractivity (Wildman–Crippen MR) is 105 cm³/mol. The van der Waals surface area contributed by atoms with Crippen molar-refractivity contribution in [2.45, 2.75) is 51.9 Å². The van der Waals surface area contributed by atoms with E-state index in [1.165, 1.54) is 0 Å². The molecule has 0 aliphatic carbocycles. The highest BCUT2D eigenvalue weighted by Crippen LogP contribution is 2.02. The molecule has 4 atom stereocenters. The molecule has 2 heterocycles. The van der Waals surface area contributed by atoms with Crippen molar-refractivity contribution in [2.75, 3.05) is 38.1 Å². The Hall–Kier alpha value is -0.560. The minimum atomic E-state index is 0.576. The first-order valence-corrected chi connectivity index (χ1v) is 9.43. The molecule has 5 heteroatoms. The maximum Gasteiger partial charge on any atom is 0.0642 e. The maximum absolute atomic E-state index is 5.24. The average Bonchev–Trinajstić information content (AvgIpc) is 2.47. The molecule has 0 amide bonds. The van der Waals surface area contributed by atoms with Gasteiger partial charge in [0, 0.05) is 50.3 Å². The van der Waals surface area contributed by atoms with Crippen molar-refractivity contribution in [3.63, 3.8) is 0 Å². The predicted octanol–water partition coefficient (Wildman–Crippen LogP) is 1.27. The lowest BCUT2D eigenvalue weighted by Gasteiger charge is -2.34. The summed E-state index contributed by atoms with van der Waals surface area (Å²) < 4.78 is 0. The van der Waals surface area contributed by atoms with E-state index >= 15 is 0 Å². The molecule has 2 aliphatic heterocycles. The molecule has 2 aliphatic rings. The summed E-state index contributed by atoms with van der Waals surface area (Å²) in [5, 5.41) is 10.9. The van der Waals surface area contributed by atoms with E-state index in [4.69, 9.17) is 12.8 Å². The average molecular weight is 385 g/mol. The lowest BCUT2D eigenvalue weighted by Crippen LogP contribution is -2.54. The maximum atomic E-state index is 5.24. The molecule has 3 N–H and O–H groups in total. The van der Waals surface area contributed by atoms with Gasteiger partial charge in [0.1, 0.15) is 0 Å². The first-order valence-electron chi connectivity index (χ1n) is 8.30. The zero-order valence-corrected chi connectivity index (χ0v) is 16.6. The molecule has 0 aromatic rings. The Morgan fingerprint density at radius 2 is 1.35 bits per heavy atom. The Kier molecular flexibility index (Phi) is 13.5. The van der Waals surface area contributed by atoms with E-state index in [9.17, 15) is 0 Å². The normalized spacial score (nSPS) is 30.6. The van der Waals surface area contributed by atoms with Crippen LogP contribution in [-0.4, -0.2) is 67.1 Å². The summed E-state index contributed by atoms with van der Waals surface area (Å²) in [6, 6.07) is 2.46. The van der Waals surface area contributed by atoms with Gasteiger partial charge >= 0.3 is 0 Å². The third-order valence-corrected chi connectivity index (χ3v) is 3.82. The summed E-state index contributed by atoms with van der Waals surface area (Å²) in [5.74, 6) is 5.02. The van der Waals surface area contributed by atoms with Gasteiger partial charge in [0.2, 0.25) is 0 Å². The lowest BCUT2D eigenvalue weighted by molar-refractivity contribution is 0.192. The topological polar surface area (TPSA) is 39.3 Å². The van der Waals surface area contributed by atoms with Crippen LogP contribution < -0.4 is 16.0 Å². The highest BCUT2D eigenvalue weighted by atomic mass is 79.9. The lowest BCUT2D eigenvalue weighted by atomic mass is 10.1. The molecule has 0 radical (unpaired) electrons. The first kappa shape index (κ1) is 22.4. The third-order valence-electron chi connectivity index (χ3n) is 3.50. The fourth-order valence-corrected chi connectivity index (χ4v) is 2.82. The van der Waals surface area contributed by atoms with Gasteiger partial charge < -0.3 is 16.0 Å². The number of hydrogen-bond donors (Lipinski definition) is 3. The van der Waals surface area contributed by atoms with Gasteiger partial charge in [-0.1, -0.05) is 27.8 Å². The van der Waals surface area contributed by atoms with Crippen LogP contribution in [0.3, 0.4) is 0 Å². The zero-order chi connectivity index (χ0) is 17.7. The zero-order valence-electron chi connectivity index (χ0n) is 15.0. The molecule has 23 heavy (non-hydrogen) atoms. The smallest absolute Gasteiger partial charge is 0.0642 e. The van der Waals surface area contributed by atoms with E-state index in [1.54, 1.807) is 0 Å². The van der Waals surface area contributed by atoms with Crippen LogP contribution in [0.5, 0.6) is 0 Å². The monoisotopic (exact) mass is 384 g/mol. The molecule has 0 aromatic heterocycles. The molecular weight excluding hydrogens is 352 g/mol. The van der Waals surface area contributed by atoms with Crippen molar-refractivity contribution in [1.82, 2.24) is 20.9 Å². The highest BCUT2D eigenvalue weighted by Gasteiger charge is 2.19. The van der Waals surface area contributed by atoms with Crippen molar-refractivity contribution in [1.29, 1.82) is 0 Å². The molecule has 0 bridgehead atoms. The number of alkyl halides is 1. The van der Waals surface area contributed by atoms with Crippen molar-refractivity contribution in [3.05, 3.63) is 0 Å². The number of nitrogens with zero attached hydrogens (tertiary/aromatic N) is 1. The van der Waals surface area contributed by atoms with Crippen LogP contribution in [0, 0.1) is 24.7 Å². The molecule has 2 rings (SSSR count). The molecule has 2 fully saturated rings. The van der Waals surface area contributed by atoms with Crippen molar-refractivity contribution >= 4 is 15.9 Å². The van der Waals surface area contributed by atoms with Gasteiger partial charge in [-0.2, -0.15) is 0 Å². The van der Waals surface area contributed by atoms with E-state index in [2.05, 4.69) is 76.3 Å². The van der Waals surface area contributed by atoms with Gasteiger partial charge in [0.25, 0.3) is 0 Å². The van der Waals surface area contributed by atoms with Gasteiger partial charge in [0.05, 0.1) is 11.9 Å². The largest absolute Gasteiger partial charge is 0.314 e. The molecule has 0 unspecified atom stereocenters. The van der Waals surface area contributed by atoms with Crippen molar-refractivity contribution in [2.24, 2.45) is 0 Å². The first-order chi connectivity index (χ1) is 10.9. The van der Waals surface area contributed by atoms with Gasteiger partial charge in [0.15, 0.2) is 0 Å². The van der Waals surface area contributed by atoms with Crippen LogP contribution in [-0.2, 0) is 0 Å². The fourth-order valence-electron chi connectivity index (χ4n) is 2.82. The van der Waals surface area contributed by atoms with E-state index < -0.39 is 0 Å². The quantitative estimate of drug-likeness (QED) is 0.470. The molecule has 132 valence electrons. The second kappa shape index (κ2) is 13.8. The van der Waals surface area contributed by atoms with E-state index in [0.717, 1.165) is 32.7 Å². The van der Waals surface area contributed by atoms with Crippen LogP contribution in [0.2, 0.25) is 0 Å². The number of nitrogens with one attached hydrogen (secondary N) is 3. The van der Waals surface area contributed by atoms with Crippen molar-refractivity contribution < 1.29 is 0 Å². The van der Waals surface area contributed by atoms with Crippen LogP contribution in [0.25, 0.3) is 0 Å². The van der Waals surface area contributed by atoms with E-state index in [-0.39, 0.29) is 0 Å². The third kappa shape index (κ3) is 12.5. The minimum Gasteiger partial charge on any atom is -0.314 e. The van der Waals surface area contributed by atoms with Crippen LogP contribution in [0.4, 0.5) is 0 Å². The fraction of sp³-hybridized carbons (Fsp3) is 0.778. The summed E-state index contributed by atoms with van der Waals surface area (Å²) in [5.41, 5.74) is 0. The number of piperazine rings is 2. The second-order valence-electron chi connectivity index (χ2n) is 6.33. The summed E-state index contributed by atoms with van der Waals surface area (Å²) in [7, 11) is 0. The minimum absolute atomic E-state index is 0.576. The van der Waals surface area contributed by atoms with Crippen LogP contribution >= 0.6 is 15.9 Å². The van der Waals surface area contributed by atoms with E-state index in [1.807, 2.05) is 0 Å². The van der Waals surface area contributed by atoms with Gasteiger partial charge in [-0.05, 0) is 27.7 Å². The van der Waals surface area contributed by atoms with Crippen molar-refractivity contribution in [3.8, 4) is 24.7 Å². The number of rotatable bonds is 1. The molecule has 4 nitrogen and oxygen atoms in total. The highest BCUT2D eigenvalue weighted by molar-refractivity contribution is 9.09. The molecule has 0 spiro atoms. The van der Waals surface area contributed by atoms with Gasteiger partial charge in [-0.15, -0.1) is 12.8 Å². The molecule has 0 aromatic carbocycles. The molecule has 2 saturated heterocycles. The van der Waals surface area contributed by atoms with Crippen LogP contribution in [0.1, 0.15) is 27.7 Å². The number of hydrogen-bond acceptors (Lipinski definition) is 4. The Morgan fingerprint density at radius 3 is 1.65 bits per heavy atom. The summed E-state index contributed by atoms with van der Waals surface area (Å²) in [4.78, 5) is 2.31. The number of terminal acetylenes is 2. The Bertz CT molecular complexity index is 356.